The van der Waals surface area contributed by atoms with Crippen LogP contribution in [0.3, 0.4) is 0 Å². The van der Waals surface area contributed by atoms with Gasteiger partial charge in [0, 0.05) is 22.7 Å². The van der Waals surface area contributed by atoms with Crippen molar-refractivity contribution in [3.05, 3.63) is 52.4 Å². The zero-order valence-electron chi connectivity index (χ0n) is 13.5. The van der Waals surface area contributed by atoms with Crippen molar-refractivity contribution in [3.63, 3.8) is 0 Å². The van der Waals surface area contributed by atoms with Gasteiger partial charge in [-0.25, -0.2) is 9.37 Å². The van der Waals surface area contributed by atoms with Gasteiger partial charge >= 0.3 is 6.18 Å². The third-order valence-corrected chi connectivity index (χ3v) is 3.99. The molecule has 2 aromatic rings. The Morgan fingerprint density at radius 2 is 1.76 bits per heavy atom. The topological polar surface area (TPSA) is 59.1 Å². The van der Waals surface area contributed by atoms with Crippen LogP contribution in [0.15, 0.2) is 30.3 Å². The molecular formula is C17H17ClF4N2O. The Morgan fingerprint density at radius 3 is 2.20 bits per heavy atom. The molecule has 25 heavy (non-hydrogen) atoms. The first-order chi connectivity index (χ1) is 11.4. The summed E-state index contributed by atoms with van der Waals surface area (Å²) in [5, 5.41) is 10.6. The molecule has 0 saturated carbocycles. The predicted molar refractivity (Wildman–Crippen MR) is 87.7 cm³/mol. The van der Waals surface area contributed by atoms with Gasteiger partial charge in [-0.2, -0.15) is 13.2 Å². The van der Waals surface area contributed by atoms with E-state index in [0.29, 0.717) is 5.02 Å². The molecule has 1 unspecified atom stereocenters. The molecule has 0 fully saturated rings. The van der Waals surface area contributed by atoms with E-state index in [0.717, 1.165) is 6.07 Å². The average molecular weight is 377 g/mol. The molecular weight excluding hydrogens is 360 g/mol. The molecule has 8 heteroatoms. The molecule has 136 valence electrons. The lowest BCUT2D eigenvalue weighted by Gasteiger charge is -2.24. The highest BCUT2D eigenvalue weighted by Gasteiger charge is 2.42. The van der Waals surface area contributed by atoms with Crippen molar-refractivity contribution in [1.82, 2.24) is 4.98 Å². The van der Waals surface area contributed by atoms with Crippen LogP contribution in [0, 0.1) is 5.82 Å². The molecule has 0 aliphatic carbocycles. The van der Waals surface area contributed by atoms with E-state index in [1.54, 1.807) is 0 Å². The van der Waals surface area contributed by atoms with Gasteiger partial charge in [0.25, 0.3) is 0 Å². The van der Waals surface area contributed by atoms with Crippen LogP contribution in [0.5, 0.6) is 0 Å². The second-order valence-corrected chi connectivity index (χ2v) is 6.59. The standard InChI is InChI=1S/C17H17ClF4N2O/c1-16(2,25)11-7-13(12(8-23)17(20,21)22)24-15(14(11)19)9-3-5-10(18)6-4-9/h3-7,12,25H,8,23H2,1-2H3. The molecule has 0 saturated heterocycles. The molecule has 0 bridgehead atoms. The number of hydrogen-bond acceptors (Lipinski definition) is 3. The molecule has 1 atom stereocenters. The van der Waals surface area contributed by atoms with E-state index < -0.39 is 35.8 Å². The number of nitrogens with zero attached hydrogens (tertiary/aromatic N) is 1. The van der Waals surface area contributed by atoms with E-state index >= 15 is 0 Å². The van der Waals surface area contributed by atoms with Crippen molar-refractivity contribution < 1.29 is 22.7 Å². The Bertz CT molecular complexity index is 755. The van der Waals surface area contributed by atoms with Crippen LogP contribution in [0.4, 0.5) is 17.6 Å². The molecule has 1 aromatic carbocycles. The van der Waals surface area contributed by atoms with Gasteiger partial charge in [0.2, 0.25) is 0 Å². The fourth-order valence-corrected chi connectivity index (χ4v) is 2.52. The summed E-state index contributed by atoms with van der Waals surface area (Å²) in [6, 6.07) is 6.74. The number of alkyl halides is 3. The summed E-state index contributed by atoms with van der Waals surface area (Å²) in [5.74, 6) is -2.96. The molecule has 3 nitrogen and oxygen atoms in total. The largest absolute Gasteiger partial charge is 0.398 e. The smallest absolute Gasteiger partial charge is 0.386 e. The van der Waals surface area contributed by atoms with Gasteiger partial charge in [-0.15, -0.1) is 0 Å². The second kappa shape index (κ2) is 6.90. The first kappa shape index (κ1) is 19.6. The summed E-state index contributed by atoms with van der Waals surface area (Å²) in [7, 11) is 0. The van der Waals surface area contributed by atoms with E-state index in [-0.39, 0.29) is 16.8 Å². The summed E-state index contributed by atoms with van der Waals surface area (Å²) < 4.78 is 54.5. The third kappa shape index (κ3) is 4.29. The SMILES string of the molecule is CC(C)(O)c1cc(C(CN)C(F)(F)F)nc(-c2ccc(Cl)cc2)c1F. The summed E-state index contributed by atoms with van der Waals surface area (Å²) in [5.41, 5.74) is 2.78. The van der Waals surface area contributed by atoms with Crippen molar-refractivity contribution in [1.29, 1.82) is 0 Å². The molecule has 0 aliphatic rings. The first-order valence-corrected chi connectivity index (χ1v) is 7.79. The number of benzene rings is 1. The molecule has 0 radical (unpaired) electrons. The number of pyridine rings is 1. The third-order valence-electron chi connectivity index (χ3n) is 3.74. The lowest BCUT2D eigenvalue weighted by atomic mass is 9.92. The van der Waals surface area contributed by atoms with Gasteiger partial charge in [-0.05, 0) is 32.0 Å². The predicted octanol–water partition coefficient (Wildman–Crippen LogP) is 4.37. The number of rotatable bonds is 4. The van der Waals surface area contributed by atoms with Gasteiger partial charge in [0.05, 0.1) is 11.3 Å². The normalized spacial score (nSPS) is 13.8. The van der Waals surface area contributed by atoms with E-state index in [1.807, 2.05) is 0 Å². The summed E-state index contributed by atoms with van der Waals surface area (Å²) in [6.07, 6.45) is -4.65. The highest BCUT2D eigenvalue weighted by Crippen LogP contribution is 2.37. The van der Waals surface area contributed by atoms with E-state index in [9.17, 15) is 22.7 Å². The minimum atomic E-state index is -4.65. The van der Waals surface area contributed by atoms with E-state index in [2.05, 4.69) is 4.98 Å². The lowest BCUT2D eigenvalue weighted by molar-refractivity contribution is -0.148. The quantitative estimate of drug-likeness (QED) is 0.779. The fraction of sp³-hybridized carbons (Fsp3) is 0.353. The summed E-state index contributed by atoms with van der Waals surface area (Å²) in [6.45, 7) is 1.82. The van der Waals surface area contributed by atoms with E-state index in [4.69, 9.17) is 17.3 Å². The zero-order chi connectivity index (χ0) is 19.0. The summed E-state index contributed by atoms with van der Waals surface area (Å²) in [4.78, 5) is 3.85. The Hall–Kier alpha value is -1.70. The van der Waals surface area contributed by atoms with Crippen LogP contribution in [0.2, 0.25) is 5.02 Å². The second-order valence-electron chi connectivity index (χ2n) is 6.15. The number of halogens is 5. The van der Waals surface area contributed by atoms with Crippen molar-refractivity contribution in [3.8, 4) is 11.3 Å². The van der Waals surface area contributed by atoms with Gasteiger partial charge < -0.3 is 10.8 Å². The number of aliphatic hydroxyl groups is 1. The van der Waals surface area contributed by atoms with Crippen LogP contribution in [-0.2, 0) is 5.60 Å². The maximum atomic E-state index is 14.8. The Kier molecular flexibility index (Phi) is 5.41. The van der Waals surface area contributed by atoms with Crippen molar-refractivity contribution >= 4 is 11.6 Å². The van der Waals surface area contributed by atoms with Crippen LogP contribution in [0.1, 0.15) is 31.0 Å². The number of nitrogens with two attached hydrogens (primary N) is 1. The number of hydrogen-bond donors (Lipinski definition) is 2. The molecule has 0 spiro atoms. The fourth-order valence-electron chi connectivity index (χ4n) is 2.39. The van der Waals surface area contributed by atoms with Crippen LogP contribution < -0.4 is 5.73 Å². The van der Waals surface area contributed by atoms with Gasteiger partial charge in [0.15, 0.2) is 5.82 Å². The number of aromatic nitrogens is 1. The molecule has 0 amide bonds. The van der Waals surface area contributed by atoms with Crippen LogP contribution in [-0.4, -0.2) is 22.8 Å². The van der Waals surface area contributed by atoms with Gasteiger partial charge in [-0.1, -0.05) is 23.7 Å². The summed E-state index contributed by atoms with van der Waals surface area (Å²) >= 11 is 5.79. The molecule has 0 aliphatic heterocycles. The molecule has 3 N–H and O–H groups in total. The monoisotopic (exact) mass is 376 g/mol. The maximum Gasteiger partial charge on any atom is 0.398 e. The average Bonchev–Trinajstić information content (AvgIpc) is 2.47. The van der Waals surface area contributed by atoms with Crippen LogP contribution in [0.25, 0.3) is 11.3 Å². The van der Waals surface area contributed by atoms with Crippen molar-refractivity contribution in [2.24, 2.45) is 5.73 Å². The maximum absolute atomic E-state index is 14.8. The molecule has 2 rings (SSSR count). The Balaban J connectivity index is 2.74. The van der Waals surface area contributed by atoms with Gasteiger partial charge in [0.1, 0.15) is 11.6 Å². The first-order valence-electron chi connectivity index (χ1n) is 7.41. The van der Waals surface area contributed by atoms with E-state index in [1.165, 1.54) is 38.1 Å². The minimum Gasteiger partial charge on any atom is -0.386 e. The van der Waals surface area contributed by atoms with Crippen molar-refractivity contribution in [2.45, 2.75) is 31.5 Å². The Labute approximate surface area is 147 Å². The molecule has 1 heterocycles. The lowest BCUT2D eigenvalue weighted by Crippen LogP contribution is -2.30. The minimum absolute atomic E-state index is 0.243. The Morgan fingerprint density at radius 1 is 1.20 bits per heavy atom. The van der Waals surface area contributed by atoms with Crippen molar-refractivity contribution in [2.75, 3.05) is 6.54 Å². The zero-order valence-corrected chi connectivity index (χ0v) is 14.3. The highest BCUT2D eigenvalue weighted by molar-refractivity contribution is 6.30. The molecule has 1 aromatic heterocycles. The highest BCUT2D eigenvalue weighted by atomic mass is 35.5. The van der Waals surface area contributed by atoms with Gasteiger partial charge in [-0.3, -0.25) is 0 Å². The van der Waals surface area contributed by atoms with Crippen LogP contribution >= 0.6 is 11.6 Å².